The first kappa shape index (κ1) is 14.3. The van der Waals surface area contributed by atoms with E-state index < -0.39 is 0 Å². The molecule has 0 saturated carbocycles. The van der Waals surface area contributed by atoms with Crippen LogP contribution in [-0.2, 0) is 6.54 Å². The highest BCUT2D eigenvalue weighted by atomic mass is 32.1. The summed E-state index contributed by atoms with van der Waals surface area (Å²) in [5.74, 6) is -0.383. The molecule has 3 rings (SSSR count). The summed E-state index contributed by atoms with van der Waals surface area (Å²) in [6.45, 7) is 2.28. The van der Waals surface area contributed by atoms with Crippen LogP contribution in [-0.4, -0.2) is 29.8 Å². The van der Waals surface area contributed by atoms with Crippen molar-refractivity contribution in [2.45, 2.75) is 13.5 Å². The number of thiocarbonyl (C=S) groups is 1. The first-order valence-electron chi connectivity index (χ1n) is 6.59. The van der Waals surface area contributed by atoms with Gasteiger partial charge < -0.3 is 5.32 Å². The number of rotatable bonds is 4. The molecule has 0 saturated heterocycles. The summed E-state index contributed by atoms with van der Waals surface area (Å²) < 4.78 is 17.2. The lowest BCUT2D eigenvalue weighted by atomic mass is 10.2. The molecule has 1 N–H and O–H groups in total. The predicted molar refractivity (Wildman–Crippen MR) is 83.6 cm³/mol. The lowest BCUT2D eigenvalue weighted by Gasteiger charge is -2.05. The first-order valence-corrected chi connectivity index (χ1v) is 7.00. The fourth-order valence-electron chi connectivity index (χ4n) is 1.96. The van der Waals surface area contributed by atoms with Crippen molar-refractivity contribution < 1.29 is 4.39 Å². The molecule has 0 atom stereocenters. The Labute approximate surface area is 131 Å². The van der Waals surface area contributed by atoms with Gasteiger partial charge in [0.25, 0.3) is 0 Å². The maximum absolute atomic E-state index is 14.2. The quantitative estimate of drug-likeness (QED) is 0.746. The van der Waals surface area contributed by atoms with E-state index in [1.54, 1.807) is 43.7 Å². The maximum Gasteiger partial charge on any atom is 0.151 e. The van der Waals surface area contributed by atoms with Crippen molar-refractivity contribution in [2.75, 3.05) is 0 Å². The molecule has 3 aromatic rings. The van der Waals surface area contributed by atoms with Crippen LogP contribution in [0, 0.1) is 5.82 Å². The summed E-state index contributed by atoms with van der Waals surface area (Å²) in [5.41, 5.74) is 1.69. The normalized spacial score (nSPS) is 10.6. The van der Waals surface area contributed by atoms with Gasteiger partial charge in [-0.3, -0.25) is 0 Å². The van der Waals surface area contributed by atoms with E-state index >= 15 is 0 Å². The van der Waals surface area contributed by atoms with E-state index in [0.717, 1.165) is 5.69 Å². The highest BCUT2D eigenvalue weighted by Gasteiger charge is 2.09. The minimum atomic E-state index is -0.383. The van der Waals surface area contributed by atoms with E-state index in [1.165, 1.54) is 15.4 Å². The number of aromatic nitrogens is 5. The third-order valence-corrected chi connectivity index (χ3v) is 3.15. The van der Waals surface area contributed by atoms with E-state index in [4.69, 9.17) is 12.2 Å². The molecule has 0 aliphatic rings. The Balaban J connectivity index is 1.84. The van der Waals surface area contributed by atoms with Crippen LogP contribution >= 0.6 is 12.2 Å². The number of benzene rings is 1. The Hall–Kier alpha value is -2.61. The SMILES string of the molecule is CC(=S)NCc1cn(-c2ccc(-n3cccn3)c(F)c2)nn1. The van der Waals surface area contributed by atoms with Crippen LogP contribution in [0.4, 0.5) is 4.39 Å². The molecule has 8 heteroatoms. The molecule has 2 heterocycles. The predicted octanol–water partition coefficient (Wildman–Crippen LogP) is 2.03. The Morgan fingerprint density at radius 3 is 2.91 bits per heavy atom. The summed E-state index contributed by atoms with van der Waals surface area (Å²) in [6.07, 6.45) is 5.01. The van der Waals surface area contributed by atoms with Gasteiger partial charge in [-0.25, -0.2) is 13.8 Å². The smallest absolute Gasteiger partial charge is 0.151 e. The van der Waals surface area contributed by atoms with Crippen molar-refractivity contribution in [3.05, 3.63) is 54.4 Å². The molecule has 0 aliphatic carbocycles. The number of nitrogens with zero attached hydrogens (tertiary/aromatic N) is 5. The lowest BCUT2D eigenvalue weighted by Crippen LogP contribution is -2.17. The maximum atomic E-state index is 14.2. The average Bonchev–Trinajstić information content (AvgIpc) is 3.16. The summed E-state index contributed by atoms with van der Waals surface area (Å²) in [5, 5.41) is 15.0. The van der Waals surface area contributed by atoms with Gasteiger partial charge in [0.15, 0.2) is 5.82 Å². The van der Waals surface area contributed by atoms with Crippen LogP contribution in [0.5, 0.6) is 0 Å². The molecule has 1 aromatic carbocycles. The van der Waals surface area contributed by atoms with Crippen molar-refractivity contribution in [1.82, 2.24) is 30.1 Å². The van der Waals surface area contributed by atoms with Crippen LogP contribution in [0.25, 0.3) is 11.4 Å². The third-order valence-electron chi connectivity index (χ3n) is 3.01. The van der Waals surface area contributed by atoms with Gasteiger partial charge in [0.05, 0.1) is 23.4 Å². The standard InChI is InChI=1S/C14H13FN6S/c1-10(22)16-8-11-9-21(19-18-11)12-3-4-14(13(15)7-12)20-6-2-5-17-20/h2-7,9H,8H2,1H3,(H,16,22). The fourth-order valence-corrected chi connectivity index (χ4v) is 2.03. The van der Waals surface area contributed by atoms with Gasteiger partial charge in [0.1, 0.15) is 11.4 Å². The monoisotopic (exact) mass is 316 g/mol. The Morgan fingerprint density at radius 2 is 2.23 bits per heavy atom. The highest BCUT2D eigenvalue weighted by molar-refractivity contribution is 7.80. The van der Waals surface area contributed by atoms with E-state index in [0.29, 0.717) is 22.9 Å². The van der Waals surface area contributed by atoms with Gasteiger partial charge in [-0.05, 0) is 25.1 Å². The molecule has 0 bridgehead atoms. The van der Waals surface area contributed by atoms with E-state index in [9.17, 15) is 4.39 Å². The highest BCUT2D eigenvalue weighted by Crippen LogP contribution is 2.16. The minimum Gasteiger partial charge on any atom is -0.374 e. The minimum absolute atomic E-state index is 0.382. The lowest BCUT2D eigenvalue weighted by molar-refractivity contribution is 0.608. The molecule has 0 radical (unpaired) electrons. The second-order valence-electron chi connectivity index (χ2n) is 4.65. The van der Waals surface area contributed by atoms with Gasteiger partial charge in [-0.2, -0.15) is 5.10 Å². The number of halogens is 1. The van der Waals surface area contributed by atoms with Gasteiger partial charge in [-0.15, -0.1) is 5.10 Å². The van der Waals surface area contributed by atoms with Crippen molar-refractivity contribution in [2.24, 2.45) is 0 Å². The van der Waals surface area contributed by atoms with Crippen LogP contribution in [0.15, 0.2) is 42.9 Å². The summed E-state index contributed by atoms with van der Waals surface area (Å²) in [4.78, 5) is 0.684. The zero-order valence-corrected chi connectivity index (χ0v) is 12.6. The molecule has 0 unspecified atom stereocenters. The van der Waals surface area contributed by atoms with Crippen molar-refractivity contribution in [3.8, 4) is 11.4 Å². The average molecular weight is 316 g/mol. The molecule has 0 aliphatic heterocycles. The summed E-state index contributed by atoms with van der Waals surface area (Å²) >= 11 is 4.94. The molecule has 2 aromatic heterocycles. The number of nitrogens with one attached hydrogen (secondary N) is 1. The van der Waals surface area contributed by atoms with Crippen molar-refractivity contribution >= 4 is 17.2 Å². The molecule has 0 fully saturated rings. The van der Waals surface area contributed by atoms with Gasteiger partial charge >= 0.3 is 0 Å². The molecule has 0 amide bonds. The molecule has 112 valence electrons. The molecular weight excluding hydrogens is 303 g/mol. The van der Waals surface area contributed by atoms with Crippen LogP contribution < -0.4 is 5.32 Å². The van der Waals surface area contributed by atoms with Crippen LogP contribution in [0.1, 0.15) is 12.6 Å². The Bertz CT molecular complexity index is 796. The van der Waals surface area contributed by atoms with E-state index in [-0.39, 0.29) is 5.82 Å². The Morgan fingerprint density at radius 1 is 1.36 bits per heavy atom. The van der Waals surface area contributed by atoms with Crippen molar-refractivity contribution in [3.63, 3.8) is 0 Å². The zero-order chi connectivity index (χ0) is 15.5. The fraction of sp³-hybridized carbons (Fsp3) is 0.143. The second-order valence-corrected chi connectivity index (χ2v) is 5.26. The molecular formula is C14H13FN6S. The molecule has 22 heavy (non-hydrogen) atoms. The van der Waals surface area contributed by atoms with Crippen molar-refractivity contribution in [1.29, 1.82) is 0 Å². The van der Waals surface area contributed by atoms with Gasteiger partial charge in [-0.1, -0.05) is 17.4 Å². The topological polar surface area (TPSA) is 60.6 Å². The summed E-state index contributed by atoms with van der Waals surface area (Å²) in [6, 6.07) is 6.55. The number of hydrogen-bond acceptors (Lipinski definition) is 4. The first-order chi connectivity index (χ1) is 10.6. The second kappa shape index (κ2) is 6.02. The van der Waals surface area contributed by atoms with Gasteiger partial charge in [0, 0.05) is 18.5 Å². The molecule has 0 spiro atoms. The third kappa shape index (κ3) is 3.01. The van der Waals surface area contributed by atoms with E-state index in [2.05, 4.69) is 20.7 Å². The Kier molecular flexibility index (Phi) is 3.92. The zero-order valence-electron chi connectivity index (χ0n) is 11.8. The summed E-state index contributed by atoms with van der Waals surface area (Å²) in [7, 11) is 0. The van der Waals surface area contributed by atoms with Gasteiger partial charge in [0.2, 0.25) is 0 Å². The number of hydrogen-bond donors (Lipinski definition) is 1. The van der Waals surface area contributed by atoms with E-state index in [1.807, 2.05) is 0 Å². The van der Waals surface area contributed by atoms with Crippen LogP contribution in [0.2, 0.25) is 0 Å². The largest absolute Gasteiger partial charge is 0.374 e. The molecule has 6 nitrogen and oxygen atoms in total. The van der Waals surface area contributed by atoms with Crippen LogP contribution in [0.3, 0.4) is 0 Å².